The van der Waals surface area contributed by atoms with Crippen LogP contribution in [0.15, 0.2) is 40.9 Å². The van der Waals surface area contributed by atoms with Crippen molar-refractivity contribution in [2.45, 2.75) is 32.9 Å². The Balaban J connectivity index is 1.44. The number of hydrogen-bond donors (Lipinski definition) is 2. The summed E-state index contributed by atoms with van der Waals surface area (Å²) in [5, 5.41) is 10.0. The van der Waals surface area contributed by atoms with Gasteiger partial charge < -0.3 is 14.7 Å². The van der Waals surface area contributed by atoms with E-state index in [0.29, 0.717) is 30.4 Å². The van der Waals surface area contributed by atoms with E-state index in [0.717, 1.165) is 16.1 Å². The van der Waals surface area contributed by atoms with Gasteiger partial charge in [0.2, 0.25) is 0 Å². The number of carbonyl (C=O) groups is 2. The molecule has 1 aromatic carbocycles. The molecule has 3 heterocycles. The Kier molecular flexibility index (Phi) is 5.30. The van der Waals surface area contributed by atoms with Crippen molar-refractivity contribution in [1.29, 1.82) is 0 Å². The number of hydrogen-bond acceptors (Lipinski definition) is 6. The molecule has 0 radical (unpaired) electrons. The van der Waals surface area contributed by atoms with Gasteiger partial charge in [-0.1, -0.05) is 46.8 Å². The number of carbonyl (C=O) groups excluding carboxylic acids is 2. The fourth-order valence-electron chi connectivity index (χ4n) is 3.09. The first-order valence-electron chi connectivity index (χ1n) is 9.37. The van der Waals surface area contributed by atoms with Crippen molar-refractivity contribution in [3.63, 3.8) is 0 Å². The van der Waals surface area contributed by atoms with E-state index in [2.05, 4.69) is 20.8 Å². The smallest absolute Gasteiger partial charge is 0.321 e. The van der Waals surface area contributed by atoms with E-state index in [1.807, 2.05) is 44.2 Å². The summed E-state index contributed by atoms with van der Waals surface area (Å²) in [5.74, 6) is 0.383. The number of nitrogens with one attached hydrogen (secondary N) is 2. The normalized spacial score (nSPS) is 13.3. The molecule has 0 bridgehead atoms. The van der Waals surface area contributed by atoms with Gasteiger partial charge in [-0.25, -0.2) is 9.78 Å². The van der Waals surface area contributed by atoms with Crippen LogP contribution in [0.5, 0.6) is 0 Å². The monoisotopic (exact) mass is 411 g/mol. The molecule has 2 N–H and O–H groups in total. The number of thiazole rings is 1. The lowest BCUT2D eigenvalue weighted by Crippen LogP contribution is -2.35. The highest BCUT2D eigenvalue weighted by atomic mass is 32.1. The van der Waals surface area contributed by atoms with Gasteiger partial charge in [0, 0.05) is 35.5 Å². The highest BCUT2D eigenvalue weighted by molar-refractivity contribution is 7.15. The van der Waals surface area contributed by atoms with Crippen LogP contribution in [0.3, 0.4) is 0 Å². The van der Waals surface area contributed by atoms with Crippen LogP contribution in [0.2, 0.25) is 0 Å². The number of urea groups is 1. The lowest BCUT2D eigenvalue weighted by Gasteiger charge is -2.25. The molecule has 0 spiro atoms. The topological polar surface area (TPSA) is 100 Å². The van der Waals surface area contributed by atoms with Crippen LogP contribution >= 0.6 is 11.3 Å². The molecule has 1 aliphatic rings. The lowest BCUT2D eigenvalue weighted by atomic mass is 10.1. The van der Waals surface area contributed by atoms with Crippen molar-refractivity contribution in [3.05, 3.63) is 52.7 Å². The number of anilines is 1. The first kappa shape index (κ1) is 19.1. The molecule has 1 aliphatic heterocycles. The molecule has 0 atom stereocenters. The van der Waals surface area contributed by atoms with Crippen LogP contribution in [-0.4, -0.2) is 39.6 Å². The summed E-state index contributed by atoms with van der Waals surface area (Å²) in [6.07, 6.45) is 0.633. The van der Waals surface area contributed by atoms with Gasteiger partial charge in [0.25, 0.3) is 5.91 Å². The quantitative estimate of drug-likeness (QED) is 0.684. The van der Waals surface area contributed by atoms with Crippen LogP contribution in [0.25, 0.3) is 11.3 Å². The highest BCUT2D eigenvalue weighted by Crippen LogP contribution is 2.29. The van der Waals surface area contributed by atoms with Gasteiger partial charge in [-0.3, -0.25) is 10.1 Å². The van der Waals surface area contributed by atoms with Crippen molar-refractivity contribution < 1.29 is 14.1 Å². The molecule has 8 nitrogen and oxygen atoms in total. The minimum Gasteiger partial charge on any atom is -0.355 e. The second kappa shape index (κ2) is 8.04. The van der Waals surface area contributed by atoms with Crippen molar-refractivity contribution in [2.75, 3.05) is 11.9 Å². The Labute approximate surface area is 171 Å². The number of benzene rings is 1. The molecule has 0 saturated heterocycles. The van der Waals surface area contributed by atoms with Crippen LogP contribution in [0.4, 0.5) is 9.93 Å². The maximum Gasteiger partial charge on any atom is 0.321 e. The summed E-state index contributed by atoms with van der Waals surface area (Å²) in [5.41, 5.74) is 2.08. The summed E-state index contributed by atoms with van der Waals surface area (Å²) in [6.45, 7) is 4.76. The molecular formula is C20H21N5O3S. The molecule has 0 saturated carbocycles. The van der Waals surface area contributed by atoms with E-state index < -0.39 is 0 Å². The number of amides is 3. The van der Waals surface area contributed by atoms with E-state index in [9.17, 15) is 9.59 Å². The molecule has 3 amide bonds. The number of nitrogens with zero attached hydrogens (tertiary/aromatic N) is 3. The first-order chi connectivity index (χ1) is 14.0. The van der Waals surface area contributed by atoms with Crippen LogP contribution < -0.4 is 10.6 Å². The summed E-state index contributed by atoms with van der Waals surface area (Å²) in [7, 11) is 0. The Morgan fingerprint density at radius 1 is 1.24 bits per heavy atom. The molecule has 150 valence electrons. The maximum atomic E-state index is 12.9. The van der Waals surface area contributed by atoms with Crippen molar-refractivity contribution >= 4 is 28.4 Å². The summed E-state index contributed by atoms with van der Waals surface area (Å²) in [4.78, 5) is 31.9. The zero-order valence-corrected chi connectivity index (χ0v) is 17.0. The van der Waals surface area contributed by atoms with Crippen LogP contribution in [0.1, 0.15) is 34.9 Å². The Bertz CT molecular complexity index is 1030. The number of rotatable bonds is 4. The summed E-state index contributed by atoms with van der Waals surface area (Å²) >= 11 is 1.39. The van der Waals surface area contributed by atoms with Gasteiger partial charge in [0.1, 0.15) is 0 Å². The molecule has 0 unspecified atom stereocenters. The van der Waals surface area contributed by atoms with E-state index in [-0.39, 0.29) is 23.7 Å². The van der Waals surface area contributed by atoms with Gasteiger partial charge in [0.05, 0.1) is 12.2 Å². The Morgan fingerprint density at radius 2 is 2.03 bits per heavy atom. The van der Waals surface area contributed by atoms with Gasteiger partial charge in [-0.15, -0.1) is 0 Å². The zero-order valence-electron chi connectivity index (χ0n) is 16.1. The molecule has 9 heteroatoms. The predicted molar refractivity (Wildman–Crippen MR) is 110 cm³/mol. The van der Waals surface area contributed by atoms with Crippen LogP contribution in [0, 0.1) is 0 Å². The van der Waals surface area contributed by atoms with E-state index in [1.165, 1.54) is 11.3 Å². The minimum absolute atomic E-state index is 0.0425. The maximum absolute atomic E-state index is 12.9. The van der Waals surface area contributed by atoms with E-state index >= 15 is 0 Å². The Hall–Kier alpha value is -3.20. The second-order valence-corrected chi connectivity index (χ2v) is 8.14. The van der Waals surface area contributed by atoms with Crippen molar-refractivity contribution in [2.24, 2.45) is 0 Å². The SMILES string of the molecule is CC(C)NC(=O)Nc1nc2c(s1)CN(C(=O)c1cc(-c3ccccc3)on1)CC2. The van der Waals surface area contributed by atoms with Gasteiger partial charge >= 0.3 is 6.03 Å². The molecule has 0 fully saturated rings. The van der Waals surface area contributed by atoms with Crippen molar-refractivity contribution in [3.8, 4) is 11.3 Å². The van der Waals surface area contributed by atoms with Crippen LogP contribution in [-0.2, 0) is 13.0 Å². The van der Waals surface area contributed by atoms with Gasteiger partial charge in [-0.05, 0) is 13.8 Å². The van der Waals surface area contributed by atoms with E-state index in [4.69, 9.17) is 4.52 Å². The third-order valence-electron chi connectivity index (χ3n) is 4.45. The molecule has 2 aromatic heterocycles. The molecule has 29 heavy (non-hydrogen) atoms. The van der Waals surface area contributed by atoms with E-state index in [1.54, 1.807) is 11.0 Å². The standard InChI is InChI=1S/C20H21N5O3S/c1-12(2)21-19(27)23-20-22-14-8-9-25(11-17(14)29-20)18(26)15-10-16(28-24-15)13-6-4-3-5-7-13/h3-7,10,12H,8-9,11H2,1-2H3,(H2,21,22,23,27). The zero-order chi connectivity index (χ0) is 20.4. The molecule has 0 aliphatic carbocycles. The first-order valence-corrected chi connectivity index (χ1v) is 10.2. The number of aromatic nitrogens is 2. The average Bonchev–Trinajstić information content (AvgIpc) is 3.33. The van der Waals surface area contributed by atoms with Gasteiger partial charge in [-0.2, -0.15) is 0 Å². The second-order valence-electron chi connectivity index (χ2n) is 7.06. The predicted octanol–water partition coefficient (Wildman–Crippen LogP) is 3.53. The third kappa shape index (κ3) is 4.29. The fourth-order valence-corrected chi connectivity index (χ4v) is 4.11. The third-order valence-corrected chi connectivity index (χ3v) is 5.44. The lowest BCUT2D eigenvalue weighted by molar-refractivity contribution is 0.0725. The fraction of sp³-hybridized carbons (Fsp3) is 0.300. The van der Waals surface area contributed by atoms with Crippen molar-refractivity contribution in [1.82, 2.24) is 20.4 Å². The summed E-state index contributed by atoms with van der Waals surface area (Å²) < 4.78 is 5.35. The largest absolute Gasteiger partial charge is 0.355 e. The summed E-state index contributed by atoms with van der Waals surface area (Å²) in [6, 6.07) is 11.0. The average molecular weight is 411 g/mol. The number of fused-ring (bicyclic) bond motifs is 1. The molecular weight excluding hydrogens is 390 g/mol. The highest BCUT2D eigenvalue weighted by Gasteiger charge is 2.27. The Morgan fingerprint density at radius 3 is 2.79 bits per heavy atom. The molecule has 3 aromatic rings. The molecule has 4 rings (SSSR count). The van der Waals surface area contributed by atoms with Gasteiger partial charge in [0.15, 0.2) is 16.6 Å². The minimum atomic E-state index is -0.282.